The van der Waals surface area contributed by atoms with Gasteiger partial charge in [-0.3, -0.25) is 4.79 Å². The molecule has 0 saturated heterocycles. The average molecular weight is 270 g/mol. The maximum atomic E-state index is 10.7. The summed E-state index contributed by atoms with van der Waals surface area (Å²) in [7, 11) is 0. The fourth-order valence-corrected chi connectivity index (χ4v) is 2.49. The molecule has 0 aliphatic carbocycles. The summed E-state index contributed by atoms with van der Waals surface area (Å²) in [5.41, 5.74) is 0.677. The van der Waals surface area contributed by atoms with Gasteiger partial charge in [0.2, 0.25) is 0 Å². The Morgan fingerprint density at radius 3 is 2.47 bits per heavy atom. The number of thiol groups is 1. The third kappa shape index (κ3) is 4.19. The molecule has 0 heterocycles. The van der Waals surface area contributed by atoms with Gasteiger partial charge in [-0.25, -0.2) is 0 Å². The standard InChI is InChI=1S/C13H10OS2.Na.H/c14-9-10-6-7-12(15)13(8-10)16-11-4-2-1-3-5-11;;/h1-9,15H;;/q;+1;-1. The van der Waals surface area contributed by atoms with Gasteiger partial charge in [-0.1, -0.05) is 36.0 Å². The second kappa shape index (κ2) is 7.29. The quantitative estimate of drug-likeness (QED) is 0.510. The molecule has 0 aliphatic heterocycles. The Morgan fingerprint density at radius 1 is 1.12 bits per heavy atom. The maximum absolute atomic E-state index is 10.7. The van der Waals surface area contributed by atoms with Gasteiger partial charge >= 0.3 is 29.6 Å². The molecule has 2 aromatic rings. The molecule has 0 unspecified atom stereocenters. The van der Waals surface area contributed by atoms with Crippen molar-refractivity contribution in [3.05, 3.63) is 54.1 Å². The topological polar surface area (TPSA) is 17.1 Å². The van der Waals surface area contributed by atoms with E-state index in [1.165, 1.54) is 0 Å². The van der Waals surface area contributed by atoms with E-state index in [0.29, 0.717) is 5.56 Å². The van der Waals surface area contributed by atoms with Crippen LogP contribution in [-0.4, -0.2) is 6.29 Å². The molecule has 0 radical (unpaired) electrons. The molecular formula is C13H11NaOS2. The average Bonchev–Trinajstić information content (AvgIpc) is 2.33. The van der Waals surface area contributed by atoms with E-state index in [0.717, 1.165) is 21.0 Å². The SMILES string of the molecule is O=Cc1ccc(S)c(Sc2ccccc2)c1.[H-].[Na+]. The number of benzene rings is 2. The summed E-state index contributed by atoms with van der Waals surface area (Å²) in [5.74, 6) is 0. The van der Waals surface area contributed by atoms with Gasteiger partial charge in [0.1, 0.15) is 6.29 Å². The third-order valence-corrected chi connectivity index (χ3v) is 3.70. The number of aldehydes is 1. The van der Waals surface area contributed by atoms with Gasteiger partial charge in [0.15, 0.2) is 0 Å². The predicted octanol–water partition coefficient (Wildman–Crippen LogP) is 1.06. The normalized spacial score (nSPS) is 9.47. The molecule has 82 valence electrons. The van der Waals surface area contributed by atoms with Crippen LogP contribution in [0, 0.1) is 0 Å². The molecule has 0 amide bonds. The Hall–Kier alpha value is -0.190. The fraction of sp³-hybridized carbons (Fsp3) is 0. The van der Waals surface area contributed by atoms with E-state index in [4.69, 9.17) is 0 Å². The molecule has 0 aliphatic rings. The van der Waals surface area contributed by atoms with Crippen molar-refractivity contribution in [3.63, 3.8) is 0 Å². The molecule has 0 bridgehead atoms. The number of carbonyl (C=O) groups is 1. The van der Waals surface area contributed by atoms with Crippen molar-refractivity contribution < 1.29 is 35.8 Å². The van der Waals surface area contributed by atoms with Crippen LogP contribution >= 0.6 is 24.4 Å². The predicted molar refractivity (Wildman–Crippen MR) is 70.8 cm³/mol. The molecule has 0 spiro atoms. The fourth-order valence-electron chi connectivity index (χ4n) is 1.30. The minimum absolute atomic E-state index is 0. The van der Waals surface area contributed by atoms with Gasteiger partial charge < -0.3 is 1.43 Å². The van der Waals surface area contributed by atoms with Crippen LogP contribution in [0.3, 0.4) is 0 Å². The number of hydrogen-bond donors (Lipinski definition) is 1. The zero-order chi connectivity index (χ0) is 11.4. The van der Waals surface area contributed by atoms with Crippen molar-refractivity contribution in [3.8, 4) is 0 Å². The van der Waals surface area contributed by atoms with Crippen LogP contribution in [-0.2, 0) is 0 Å². The minimum Gasteiger partial charge on any atom is -1.00 e. The number of rotatable bonds is 3. The van der Waals surface area contributed by atoms with Crippen LogP contribution in [0.25, 0.3) is 0 Å². The number of carbonyl (C=O) groups excluding carboxylic acids is 1. The van der Waals surface area contributed by atoms with Crippen LogP contribution < -0.4 is 29.6 Å². The van der Waals surface area contributed by atoms with E-state index >= 15 is 0 Å². The molecule has 17 heavy (non-hydrogen) atoms. The molecule has 0 atom stereocenters. The summed E-state index contributed by atoms with van der Waals surface area (Å²) < 4.78 is 0. The van der Waals surface area contributed by atoms with E-state index in [2.05, 4.69) is 12.6 Å². The summed E-state index contributed by atoms with van der Waals surface area (Å²) in [6.45, 7) is 0. The molecule has 2 rings (SSSR count). The van der Waals surface area contributed by atoms with E-state index in [1.807, 2.05) is 42.5 Å². The molecule has 0 saturated carbocycles. The number of hydrogen-bond acceptors (Lipinski definition) is 3. The second-order valence-corrected chi connectivity index (χ2v) is 4.86. The maximum Gasteiger partial charge on any atom is 1.00 e. The summed E-state index contributed by atoms with van der Waals surface area (Å²) in [6.07, 6.45) is 0.849. The summed E-state index contributed by atoms with van der Waals surface area (Å²) in [5, 5.41) is 0. The van der Waals surface area contributed by atoms with Gasteiger partial charge in [0.05, 0.1) is 0 Å². The Morgan fingerprint density at radius 2 is 1.82 bits per heavy atom. The van der Waals surface area contributed by atoms with Crippen molar-refractivity contribution in [2.45, 2.75) is 14.7 Å². The van der Waals surface area contributed by atoms with Gasteiger partial charge in [-0.05, 0) is 24.3 Å². The molecular weight excluding hydrogens is 259 g/mol. The van der Waals surface area contributed by atoms with E-state index in [-0.39, 0.29) is 31.0 Å². The van der Waals surface area contributed by atoms with Gasteiger partial charge in [0, 0.05) is 20.2 Å². The third-order valence-electron chi connectivity index (χ3n) is 2.09. The smallest absolute Gasteiger partial charge is 1.00 e. The Kier molecular flexibility index (Phi) is 6.38. The first-order chi connectivity index (χ1) is 7.79. The Bertz CT molecular complexity index is 506. The first kappa shape index (κ1) is 14.9. The monoisotopic (exact) mass is 270 g/mol. The molecule has 2 aromatic carbocycles. The Labute approximate surface area is 134 Å². The van der Waals surface area contributed by atoms with Gasteiger partial charge in [-0.2, -0.15) is 0 Å². The van der Waals surface area contributed by atoms with E-state index in [1.54, 1.807) is 17.8 Å². The van der Waals surface area contributed by atoms with Crippen molar-refractivity contribution in [1.82, 2.24) is 0 Å². The van der Waals surface area contributed by atoms with Crippen molar-refractivity contribution >= 4 is 30.7 Å². The van der Waals surface area contributed by atoms with Crippen molar-refractivity contribution in [1.29, 1.82) is 0 Å². The van der Waals surface area contributed by atoms with Crippen LogP contribution in [0.1, 0.15) is 11.8 Å². The van der Waals surface area contributed by atoms with Crippen LogP contribution in [0.15, 0.2) is 63.2 Å². The molecule has 0 aromatic heterocycles. The van der Waals surface area contributed by atoms with Crippen LogP contribution in [0.2, 0.25) is 0 Å². The zero-order valence-electron chi connectivity index (χ0n) is 10.5. The summed E-state index contributed by atoms with van der Waals surface area (Å²) in [6, 6.07) is 15.5. The van der Waals surface area contributed by atoms with E-state index < -0.39 is 0 Å². The summed E-state index contributed by atoms with van der Waals surface area (Å²) in [4.78, 5) is 13.7. The van der Waals surface area contributed by atoms with E-state index in [9.17, 15) is 4.79 Å². The second-order valence-electron chi connectivity index (χ2n) is 3.26. The molecule has 0 fully saturated rings. The van der Waals surface area contributed by atoms with Crippen molar-refractivity contribution in [2.75, 3.05) is 0 Å². The summed E-state index contributed by atoms with van der Waals surface area (Å²) >= 11 is 5.99. The van der Waals surface area contributed by atoms with Gasteiger partial charge in [0.25, 0.3) is 0 Å². The largest absolute Gasteiger partial charge is 1.00 e. The molecule has 4 heteroatoms. The first-order valence-electron chi connectivity index (χ1n) is 4.80. The first-order valence-corrected chi connectivity index (χ1v) is 6.07. The van der Waals surface area contributed by atoms with Gasteiger partial charge in [-0.15, -0.1) is 12.6 Å². The Balaban J connectivity index is 0.00000144. The minimum atomic E-state index is 0. The van der Waals surface area contributed by atoms with Crippen LogP contribution in [0.5, 0.6) is 0 Å². The molecule has 1 nitrogen and oxygen atoms in total. The molecule has 0 N–H and O–H groups in total. The van der Waals surface area contributed by atoms with Crippen molar-refractivity contribution in [2.24, 2.45) is 0 Å². The van der Waals surface area contributed by atoms with Crippen LogP contribution in [0.4, 0.5) is 0 Å². The zero-order valence-corrected chi connectivity index (χ0v) is 13.2.